The number of morpholine rings is 1. The van der Waals surface area contributed by atoms with E-state index in [1.807, 2.05) is 7.05 Å². The standard InChI is InChI=1S/C8H17N3OS/c1-9-8(13)10-5-7-6-11(2)3-4-12-7/h7H,3-6H2,1-2H3,(H2,9,10,13). The first-order valence-corrected chi connectivity index (χ1v) is 4.89. The molecule has 0 aromatic carbocycles. The van der Waals surface area contributed by atoms with Crippen LogP contribution in [0.15, 0.2) is 0 Å². The molecule has 13 heavy (non-hydrogen) atoms. The number of rotatable bonds is 2. The highest BCUT2D eigenvalue weighted by molar-refractivity contribution is 7.80. The predicted molar refractivity (Wildman–Crippen MR) is 56.9 cm³/mol. The van der Waals surface area contributed by atoms with Gasteiger partial charge in [0, 0.05) is 26.7 Å². The van der Waals surface area contributed by atoms with E-state index in [0.717, 1.165) is 26.2 Å². The van der Waals surface area contributed by atoms with Gasteiger partial charge in [0.1, 0.15) is 0 Å². The normalized spacial score (nSPS) is 24.0. The van der Waals surface area contributed by atoms with Crippen molar-refractivity contribution >= 4 is 17.3 Å². The molecule has 76 valence electrons. The third-order valence-corrected chi connectivity index (χ3v) is 2.41. The number of nitrogens with one attached hydrogen (secondary N) is 2. The van der Waals surface area contributed by atoms with Crippen molar-refractivity contribution in [1.29, 1.82) is 0 Å². The molecule has 0 bridgehead atoms. The number of thiocarbonyl (C=S) groups is 1. The summed E-state index contributed by atoms with van der Waals surface area (Å²) in [5.74, 6) is 0. The maximum atomic E-state index is 5.55. The topological polar surface area (TPSA) is 36.5 Å². The highest BCUT2D eigenvalue weighted by Gasteiger charge is 2.17. The van der Waals surface area contributed by atoms with E-state index in [1.165, 1.54) is 0 Å². The summed E-state index contributed by atoms with van der Waals surface area (Å²) in [7, 11) is 3.91. The Morgan fingerprint density at radius 1 is 1.69 bits per heavy atom. The fourth-order valence-corrected chi connectivity index (χ4v) is 1.37. The number of hydrogen-bond donors (Lipinski definition) is 2. The monoisotopic (exact) mass is 203 g/mol. The van der Waals surface area contributed by atoms with Crippen LogP contribution in [-0.4, -0.2) is 56.5 Å². The second-order valence-electron chi connectivity index (χ2n) is 3.22. The first-order valence-electron chi connectivity index (χ1n) is 4.48. The molecule has 5 heteroatoms. The molecule has 0 amide bonds. The molecule has 0 aromatic heterocycles. The summed E-state index contributed by atoms with van der Waals surface area (Å²) in [6, 6.07) is 0. The quantitative estimate of drug-likeness (QED) is 0.587. The van der Waals surface area contributed by atoms with Crippen molar-refractivity contribution in [2.24, 2.45) is 0 Å². The second-order valence-corrected chi connectivity index (χ2v) is 3.62. The third kappa shape index (κ3) is 3.89. The van der Waals surface area contributed by atoms with Gasteiger partial charge in [0.15, 0.2) is 5.11 Å². The van der Waals surface area contributed by atoms with Crippen LogP contribution < -0.4 is 10.6 Å². The Bertz CT molecular complexity index is 177. The van der Waals surface area contributed by atoms with Gasteiger partial charge in [0.05, 0.1) is 12.7 Å². The zero-order valence-electron chi connectivity index (χ0n) is 8.17. The molecule has 1 heterocycles. The average Bonchev–Trinajstić information content (AvgIpc) is 2.14. The molecule has 1 aliphatic rings. The molecule has 0 aromatic rings. The second kappa shape index (κ2) is 5.36. The maximum absolute atomic E-state index is 5.55. The van der Waals surface area contributed by atoms with Gasteiger partial charge in [-0.05, 0) is 19.3 Å². The number of ether oxygens (including phenoxy) is 1. The van der Waals surface area contributed by atoms with Gasteiger partial charge in [-0.25, -0.2) is 0 Å². The maximum Gasteiger partial charge on any atom is 0.166 e. The van der Waals surface area contributed by atoms with Crippen molar-refractivity contribution in [2.45, 2.75) is 6.10 Å². The SMILES string of the molecule is CNC(=S)NCC1CN(C)CCO1. The lowest BCUT2D eigenvalue weighted by Gasteiger charge is -2.30. The Morgan fingerprint density at radius 3 is 3.08 bits per heavy atom. The predicted octanol–water partition coefficient (Wildman–Crippen LogP) is -0.589. The largest absolute Gasteiger partial charge is 0.374 e. The zero-order chi connectivity index (χ0) is 9.68. The van der Waals surface area contributed by atoms with E-state index >= 15 is 0 Å². The zero-order valence-corrected chi connectivity index (χ0v) is 8.99. The van der Waals surface area contributed by atoms with Gasteiger partial charge in [-0.2, -0.15) is 0 Å². The minimum atomic E-state index is 0.255. The van der Waals surface area contributed by atoms with Crippen LogP contribution in [0.3, 0.4) is 0 Å². The van der Waals surface area contributed by atoms with E-state index in [1.54, 1.807) is 0 Å². The highest BCUT2D eigenvalue weighted by atomic mass is 32.1. The highest BCUT2D eigenvalue weighted by Crippen LogP contribution is 2.01. The first-order chi connectivity index (χ1) is 6.22. The molecule has 1 atom stereocenters. The molecular weight excluding hydrogens is 186 g/mol. The lowest BCUT2D eigenvalue weighted by atomic mass is 10.3. The van der Waals surface area contributed by atoms with Crippen molar-refractivity contribution in [1.82, 2.24) is 15.5 Å². The van der Waals surface area contributed by atoms with E-state index in [9.17, 15) is 0 Å². The summed E-state index contributed by atoms with van der Waals surface area (Å²) in [4.78, 5) is 2.26. The van der Waals surface area contributed by atoms with Gasteiger partial charge >= 0.3 is 0 Å². The minimum absolute atomic E-state index is 0.255. The minimum Gasteiger partial charge on any atom is -0.374 e. The summed E-state index contributed by atoms with van der Waals surface area (Å²) in [6.45, 7) is 3.59. The van der Waals surface area contributed by atoms with Crippen LogP contribution in [0.1, 0.15) is 0 Å². The van der Waals surface area contributed by atoms with Crippen LogP contribution >= 0.6 is 12.2 Å². The van der Waals surface area contributed by atoms with Gasteiger partial charge in [-0.3, -0.25) is 0 Å². The Kier molecular flexibility index (Phi) is 4.41. The van der Waals surface area contributed by atoms with E-state index in [-0.39, 0.29) is 6.10 Å². The van der Waals surface area contributed by atoms with Crippen molar-refractivity contribution in [3.63, 3.8) is 0 Å². The lowest BCUT2D eigenvalue weighted by Crippen LogP contribution is -2.47. The van der Waals surface area contributed by atoms with E-state index < -0.39 is 0 Å². The summed E-state index contributed by atoms with van der Waals surface area (Å²) in [5.41, 5.74) is 0. The molecule has 4 nitrogen and oxygen atoms in total. The van der Waals surface area contributed by atoms with E-state index in [2.05, 4.69) is 22.6 Å². The smallest absolute Gasteiger partial charge is 0.166 e. The van der Waals surface area contributed by atoms with Gasteiger partial charge in [-0.1, -0.05) is 0 Å². The van der Waals surface area contributed by atoms with Gasteiger partial charge in [0.2, 0.25) is 0 Å². The fraction of sp³-hybridized carbons (Fsp3) is 0.875. The molecule has 0 aliphatic carbocycles. The molecule has 0 saturated carbocycles. The van der Waals surface area contributed by atoms with Crippen molar-refractivity contribution < 1.29 is 4.74 Å². The molecule has 2 N–H and O–H groups in total. The summed E-state index contributed by atoms with van der Waals surface area (Å²) in [5, 5.41) is 6.64. The van der Waals surface area contributed by atoms with Gasteiger partial charge in [0.25, 0.3) is 0 Å². The summed E-state index contributed by atoms with van der Waals surface area (Å²) in [6.07, 6.45) is 0.255. The van der Waals surface area contributed by atoms with E-state index in [4.69, 9.17) is 17.0 Å². The number of likely N-dealkylation sites (N-methyl/N-ethyl adjacent to an activating group) is 1. The van der Waals surface area contributed by atoms with Gasteiger partial charge < -0.3 is 20.3 Å². The summed E-state index contributed by atoms with van der Waals surface area (Å²) < 4.78 is 5.55. The van der Waals surface area contributed by atoms with Gasteiger partial charge in [-0.15, -0.1) is 0 Å². The molecule has 0 radical (unpaired) electrons. The van der Waals surface area contributed by atoms with Crippen molar-refractivity contribution in [3.8, 4) is 0 Å². The Labute approximate surface area is 84.6 Å². The molecule has 1 rings (SSSR count). The van der Waals surface area contributed by atoms with E-state index in [0.29, 0.717) is 5.11 Å². The number of hydrogen-bond acceptors (Lipinski definition) is 3. The number of nitrogens with zero attached hydrogens (tertiary/aromatic N) is 1. The molecule has 0 spiro atoms. The van der Waals surface area contributed by atoms with Crippen LogP contribution in [0.25, 0.3) is 0 Å². The van der Waals surface area contributed by atoms with Crippen molar-refractivity contribution in [3.05, 3.63) is 0 Å². The molecule has 1 saturated heterocycles. The van der Waals surface area contributed by atoms with Crippen LogP contribution in [0.5, 0.6) is 0 Å². The molecule has 1 aliphatic heterocycles. The molecular formula is C8H17N3OS. The first kappa shape index (κ1) is 10.7. The van der Waals surface area contributed by atoms with Crippen LogP contribution in [0.4, 0.5) is 0 Å². The van der Waals surface area contributed by atoms with Crippen LogP contribution in [-0.2, 0) is 4.74 Å². The molecule has 1 fully saturated rings. The van der Waals surface area contributed by atoms with Crippen molar-refractivity contribution in [2.75, 3.05) is 40.3 Å². The van der Waals surface area contributed by atoms with Crippen LogP contribution in [0, 0.1) is 0 Å². The third-order valence-electron chi connectivity index (χ3n) is 2.06. The summed E-state index contributed by atoms with van der Waals surface area (Å²) >= 11 is 4.96. The Balaban J connectivity index is 2.17. The fourth-order valence-electron chi connectivity index (χ4n) is 1.29. The molecule has 1 unspecified atom stereocenters. The van der Waals surface area contributed by atoms with Crippen LogP contribution in [0.2, 0.25) is 0 Å². The lowest BCUT2D eigenvalue weighted by molar-refractivity contribution is -0.0160. The Hall–Kier alpha value is -0.390. The average molecular weight is 203 g/mol. The Morgan fingerprint density at radius 2 is 2.46 bits per heavy atom.